The summed E-state index contributed by atoms with van der Waals surface area (Å²) in [6.07, 6.45) is 0. The molecule has 0 amide bonds. The smallest absolute Gasteiger partial charge is 0.263 e. The van der Waals surface area contributed by atoms with Crippen LogP contribution in [-0.2, 0) is 6.54 Å². The van der Waals surface area contributed by atoms with Crippen molar-refractivity contribution in [3.63, 3.8) is 0 Å². The van der Waals surface area contributed by atoms with Crippen molar-refractivity contribution in [3.8, 4) is 10.4 Å². The second kappa shape index (κ2) is 7.81. The van der Waals surface area contributed by atoms with Crippen LogP contribution in [0.2, 0.25) is 0 Å². The molecule has 0 aliphatic rings. The topological polar surface area (TPSA) is 73.8 Å². The van der Waals surface area contributed by atoms with Gasteiger partial charge < -0.3 is 4.52 Å². The van der Waals surface area contributed by atoms with Gasteiger partial charge in [0, 0.05) is 22.4 Å². The lowest BCUT2D eigenvalue weighted by Crippen LogP contribution is -2.25. The highest BCUT2D eigenvalue weighted by atomic mass is 32.2. The lowest BCUT2D eigenvalue weighted by Gasteiger charge is -2.15. The number of aryl methyl sites for hydroxylation is 1. The summed E-state index contributed by atoms with van der Waals surface area (Å²) in [5.74, 6) is 1.46. The van der Waals surface area contributed by atoms with Gasteiger partial charge in [-0.3, -0.25) is 9.36 Å². The third kappa shape index (κ3) is 3.66. The maximum atomic E-state index is 13.5. The first-order chi connectivity index (χ1) is 13.4. The summed E-state index contributed by atoms with van der Waals surface area (Å²) in [4.78, 5) is 24.5. The molecule has 9 heteroatoms. The highest BCUT2D eigenvalue weighted by Crippen LogP contribution is 2.37. The van der Waals surface area contributed by atoms with Gasteiger partial charge in [-0.25, -0.2) is 4.98 Å². The first-order valence-corrected chi connectivity index (χ1v) is 11.6. The molecule has 0 aliphatic carbocycles. The van der Waals surface area contributed by atoms with Gasteiger partial charge in [0.15, 0.2) is 11.0 Å². The Balaban J connectivity index is 1.82. The van der Waals surface area contributed by atoms with Crippen LogP contribution < -0.4 is 5.56 Å². The van der Waals surface area contributed by atoms with E-state index in [2.05, 4.69) is 24.0 Å². The average Bonchev–Trinajstić information content (AvgIpc) is 3.37. The molecule has 4 rings (SSSR count). The summed E-state index contributed by atoms with van der Waals surface area (Å²) < 4.78 is 7.09. The molecule has 6 nitrogen and oxygen atoms in total. The van der Waals surface area contributed by atoms with E-state index in [0.29, 0.717) is 34.7 Å². The minimum atomic E-state index is -0.0966. The van der Waals surface area contributed by atoms with Crippen molar-refractivity contribution in [3.05, 3.63) is 45.0 Å². The van der Waals surface area contributed by atoms with E-state index >= 15 is 0 Å². The summed E-state index contributed by atoms with van der Waals surface area (Å²) in [5.41, 5.74) is 0.988. The van der Waals surface area contributed by atoms with Crippen LogP contribution in [0, 0.1) is 12.8 Å². The van der Waals surface area contributed by atoms with Gasteiger partial charge in [-0.2, -0.15) is 4.98 Å². The minimum Gasteiger partial charge on any atom is -0.338 e. The first-order valence-electron chi connectivity index (χ1n) is 8.96. The maximum absolute atomic E-state index is 13.5. The Labute approximate surface area is 174 Å². The molecule has 0 saturated heterocycles. The van der Waals surface area contributed by atoms with Crippen LogP contribution in [-0.4, -0.2) is 19.7 Å². The number of thiophene rings is 2. The number of nitrogens with zero attached hydrogens (tertiary/aromatic N) is 4. The van der Waals surface area contributed by atoms with E-state index in [1.54, 1.807) is 22.8 Å². The Morgan fingerprint density at radius 2 is 2.07 bits per heavy atom. The normalized spacial score (nSPS) is 12.9. The van der Waals surface area contributed by atoms with Gasteiger partial charge in [0.05, 0.1) is 10.6 Å². The van der Waals surface area contributed by atoms with Crippen molar-refractivity contribution in [2.75, 3.05) is 0 Å². The van der Waals surface area contributed by atoms with E-state index in [0.717, 1.165) is 15.3 Å². The monoisotopic (exact) mass is 432 g/mol. The third-order valence-corrected chi connectivity index (χ3v) is 7.02. The van der Waals surface area contributed by atoms with Gasteiger partial charge in [-0.15, -0.1) is 22.7 Å². The highest BCUT2D eigenvalue weighted by Gasteiger charge is 2.22. The highest BCUT2D eigenvalue weighted by molar-refractivity contribution is 7.99. The molecule has 1 atom stereocenters. The number of hydrogen-bond acceptors (Lipinski definition) is 8. The SMILES string of the molecule is Cc1noc([C@H](C)Sc2nc3scc(-c4cccs4)c3c(=O)n2CC(C)C)n1. The Morgan fingerprint density at radius 1 is 1.25 bits per heavy atom. The molecule has 0 saturated carbocycles. The van der Waals surface area contributed by atoms with Crippen LogP contribution in [0.3, 0.4) is 0 Å². The fourth-order valence-corrected chi connectivity index (χ4v) is 5.67. The Kier molecular flexibility index (Phi) is 5.39. The van der Waals surface area contributed by atoms with Crippen molar-refractivity contribution in [1.29, 1.82) is 0 Å². The number of fused-ring (bicyclic) bond motifs is 1. The molecule has 28 heavy (non-hydrogen) atoms. The molecule has 0 spiro atoms. The second-order valence-electron chi connectivity index (χ2n) is 6.95. The lowest BCUT2D eigenvalue weighted by atomic mass is 10.2. The van der Waals surface area contributed by atoms with Crippen LogP contribution in [0.5, 0.6) is 0 Å². The Hall–Kier alpha value is -1.97. The molecule has 4 aromatic heterocycles. The molecule has 146 valence electrons. The predicted molar refractivity (Wildman–Crippen MR) is 115 cm³/mol. The molecule has 0 aromatic carbocycles. The number of aromatic nitrogens is 4. The van der Waals surface area contributed by atoms with Crippen LogP contribution in [0.1, 0.15) is 37.7 Å². The number of rotatable bonds is 6. The van der Waals surface area contributed by atoms with Gasteiger partial charge in [0.1, 0.15) is 4.83 Å². The average molecular weight is 433 g/mol. The van der Waals surface area contributed by atoms with Crippen molar-refractivity contribution in [2.24, 2.45) is 5.92 Å². The first kappa shape index (κ1) is 19.4. The summed E-state index contributed by atoms with van der Waals surface area (Å²) in [6, 6.07) is 4.04. The quantitative estimate of drug-likeness (QED) is 0.300. The predicted octanol–water partition coefficient (Wildman–Crippen LogP) is 5.39. The van der Waals surface area contributed by atoms with E-state index in [1.165, 1.54) is 23.1 Å². The molecular weight excluding hydrogens is 412 g/mol. The lowest BCUT2D eigenvalue weighted by molar-refractivity contribution is 0.376. The summed E-state index contributed by atoms with van der Waals surface area (Å²) in [7, 11) is 0. The molecule has 4 aromatic rings. The van der Waals surface area contributed by atoms with Gasteiger partial charge >= 0.3 is 0 Å². The fourth-order valence-electron chi connectivity index (χ4n) is 2.92. The molecule has 0 fully saturated rings. The number of hydrogen-bond donors (Lipinski definition) is 0. The van der Waals surface area contributed by atoms with Crippen LogP contribution >= 0.6 is 34.4 Å². The van der Waals surface area contributed by atoms with Gasteiger partial charge in [-0.1, -0.05) is 36.8 Å². The van der Waals surface area contributed by atoms with Gasteiger partial charge in [0.25, 0.3) is 5.56 Å². The van der Waals surface area contributed by atoms with Crippen LogP contribution in [0.25, 0.3) is 20.7 Å². The Morgan fingerprint density at radius 3 is 2.71 bits per heavy atom. The van der Waals surface area contributed by atoms with E-state index < -0.39 is 0 Å². The molecule has 0 radical (unpaired) electrons. The number of thioether (sulfide) groups is 1. The molecular formula is C19H20N4O2S3. The van der Waals surface area contributed by atoms with Crippen LogP contribution in [0.4, 0.5) is 0 Å². The van der Waals surface area contributed by atoms with Gasteiger partial charge in [-0.05, 0) is 31.2 Å². The molecule has 0 bridgehead atoms. The zero-order chi connectivity index (χ0) is 19.8. The summed E-state index contributed by atoms with van der Waals surface area (Å²) in [5, 5.41) is 9.22. The van der Waals surface area contributed by atoms with E-state index in [-0.39, 0.29) is 10.8 Å². The Bertz CT molecular complexity index is 1160. The summed E-state index contributed by atoms with van der Waals surface area (Å²) >= 11 is 4.63. The zero-order valence-electron chi connectivity index (χ0n) is 16.0. The van der Waals surface area contributed by atoms with Crippen LogP contribution in [0.15, 0.2) is 37.4 Å². The van der Waals surface area contributed by atoms with Gasteiger partial charge in [0.2, 0.25) is 5.89 Å². The largest absolute Gasteiger partial charge is 0.338 e. The van der Waals surface area contributed by atoms with Crippen molar-refractivity contribution in [1.82, 2.24) is 19.7 Å². The van der Waals surface area contributed by atoms with Crippen molar-refractivity contribution in [2.45, 2.75) is 44.6 Å². The summed E-state index contributed by atoms with van der Waals surface area (Å²) in [6.45, 7) is 8.59. The standard InChI is InChI=1S/C19H20N4O2S3/c1-10(2)8-23-18(24)15-13(14-6-5-7-26-14)9-27-17(15)21-19(23)28-11(3)16-20-12(4)22-25-16/h5-7,9-11H,8H2,1-4H3/t11-/m0/s1. The molecule has 0 unspecified atom stereocenters. The second-order valence-corrected chi connectivity index (χ2v) is 10.1. The van der Waals surface area contributed by atoms with Crippen molar-refractivity contribution >= 4 is 44.7 Å². The van der Waals surface area contributed by atoms with E-state index in [9.17, 15) is 4.79 Å². The van der Waals surface area contributed by atoms with Crippen molar-refractivity contribution < 1.29 is 4.52 Å². The minimum absolute atomic E-state index is 0.0137. The fraction of sp³-hybridized carbons (Fsp3) is 0.368. The zero-order valence-corrected chi connectivity index (χ0v) is 18.5. The molecule has 0 N–H and O–H groups in total. The van der Waals surface area contributed by atoms with E-state index in [1.807, 2.05) is 29.8 Å². The third-order valence-electron chi connectivity index (χ3n) is 4.17. The maximum Gasteiger partial charge on any atom is 0.263 e. The molecule has 0 aliphatic heterocycles. The molecule has 4 heterocycles. The van der Waals surface area contributed by atoms with E-state index in [4.69, 9.17) is 9.51 Å².